The van der Waals surface area contributed by atoms with Crippen LogP contribution in [0.2, 0.25) is 0 Å². The molecule has 0 aromatic heterocycles. The van der Waals surface area contributed by atoms with Crippen LogP contribution in [0.1, 0.15) is 19.3 Å². The molecule has 84 valence electrons. The molecule has 2 bridgehead atoms. The van der Waals surface area contributed by atoms with Crippen LogP contribution in [0.25, 0.3) is 0 Å². The first kappa shape index (κ1) is 9.81. The highest BCUT2D eigenvalue weighted by molar-refractivity contribution is 6.08. The van der Waals surface area contributed by atoms with Crippen molar-refractivity contribution in [2.24, 2.45) is 5.41 Å². The molecule has 0 aromatic rings. The molecule has 3 saturated heterocycles. The highest BCUT2D eigenvalue weighted by Gasteiger charge is 2.64. The number of carbonyl (C=O) groups is 1. The second kappa shape index (κ2) is 3.30. The zero-order valence-electron chi connectivity index (χ0n) is 8.90. The van der Waals surface area contributed by atoms with Crippen LogP contribution in [0.15, 0.2) is 0 Å². The van der Waals surface area contributed by atoms with E-state index in [1.807, 2.05) is 0 Å². The van der Waals surface area contributed by atoms with Crippen molar-refractivity contribution in [2.45, 2.75) is 37.6 Å². The minimum atomic E-state index is -0.357. The lowest BCUT2D eigenvalue weighted by atomic mass is 9.72. The number of esters is 1. The van der Waals surface area contributed by atoms with E-state index in [9.17, 15) is 4.79 Å². The summed E-state index contributed by atoms with van der Waals surface area (Å²) in [4.78, 5) is 11.8. The van der Waals surface area contributed by atoms with Crippen molar-refractivity contribution in [3.8, 4) is 0 Å². The lowest BCUT2D eigenvalue weighted by molar-refractivity contribution is -0.151. The lowest BCUT2D eigenvalue weighted by Crippen LogP contribution is -2.45. The lowest BCUT2D eigenvalue weighted by Gasteiger charge is -2.31. The van der Waals surface area contributed by atoms with E-state index in [-0.39, 0.29) is 29.7 Å². The molecule has 3 heterocycles. The topological polar surface area (TPSA) is 44.8 Å². The summed E-state index contributed by atoms with van der Waals surface area (Å²) in [6.45, 7) is 0.555. The Morgan fingerprint density at radius 1 is 1.60 bits per heavy atom. The molecular weight excluding hydrogens is 212 g/mol. The minimum absolute atomic E-state index is 0.0357. The van der Waals surface area contributed by atoms with Gasteiger partial charge in [0.05, 0.1) is 18.8 Å². The van der Waals surface area contributed by atoms with Crippen molar-refractivity contribution < 1.29 is 19.0 Å². The fourth-order valence-corrected chi connectivity index (χ4v) is 3.69. The summed E-state index contributed by atoms with van der Waals surface area (Å²) >= 11 is 0. The molecule has 0 aliphatic carbocycles. The Kier molecular flexibility index (Phi) is 2.16. The molecule has 5 heteroatoms. The number of carbonyl (C=O) groups excluding carboxylic acids is 1. The van der Waals surface area contributed by atoms with E-state index in [0.29, 0.717) is 6.61 Å². The van der Waals surface area contributed by atoms with Crippen LogP contribution < -0.4 is 0 Å². The Morgan fingerprint density at radius 2 is 2.47 bits per heavy atom. The number of ether oxygens (including phenoxy) is 3. The molecule has 0 N–H and O–H groups in total. The van der Waals surface area contributed by atoms with Crippen molar-refractivity contribution in [1.29, 1.82) is 0 Å². The monoisotopic (exact) mass is 228 g/mol. The largest absolute Gasteiger partial charge is 0.465 e. The van der Waals surface area contributed by atoms with Gasteiger partial charge in [0.1, 0.15) is 11.5 Å². The Morgan fingerprint density at radius 3 is 3.07 bits per heavy atom. The number of fused-ring (bicyclic) bond motifs is 3. The summed E-state index contributed by atoms with van der Waals surface area (Å²) < 4.78 is 16.6. The van der Waals surface area contributed by atoms with E-state index < -0.39 is 0 Å². The highest BCUT2D eigenvalue weighted by Crippen LogP contribution is 2.53. The van der Waals surface area contributed by atoms with Crippen LogP contribution in [0.4, 0.5) is 0 Å². The molecule has 3 rings (SSSR count). The predicted octanol–water partition coefficient (Wildman–Crippen LogP) is -0.811. The Labute approximate surface area is 91.7 Å². The number of hydrogen-bond acceptors (Lipinski definition) is 4. The molecule has 3 aliphatic rings. The molecule has 0 saturated carbocycles. The van der Waals surface area contributed by atoms with Crippen molar-refractivity contribution in [1.82, 2.24) is 0 Å². The van der Waals surface area contributed by atoms with Crippen molar-refractivity contribution >= 4 is 16.2 Å². The maximum absolute atomic E-state index is 11.8. The summed E-state index contributed by atoms with van der Waals surface area (Å²) in [5, 5.41) is 0. The normalized spacial score (nSPS) is 48.0. The molecule has 3 fully saturated rings. The molecular formula is C10H16O4Si. The maximum Gasteiger partial charge on any atom is 0.315 e. The third-order valence-corrected chi connectivity index (χ3v) is 4.21. The third kappa shape index (κ3) is 1.23. The summed E-state index contributed by atoms with van der Waals surface area (Å²) in [6.07, 6.45) is 3.76. The van der Waals surface area contributed by atoms with E-state index in [2.05, 4.69) is 0 Å². The quantitative estimate of drug-likeness (QED) is 0.458. The van der Waals surface area contributed by atoms with Gasteiger partial charge in [-0.2, -0.15) is 0 Å². The van der Waals surface area contributed by atoms with E-state index >= 15 is 0 Å². The molecule has 1 spiro atoms. The summed E-state index contributed by atoms with van der Waals surface area (Å²) in [5.74, 6) is -0.0587. The smallest absolute Gasteiger partial charge is 0.315 e. The first-order valence-electron chi connectivity index (χ1n) is 5.70. The summed E-state index contributed by atoms with van der Waals surface area (Å²) in [7, 11) is 1.04. The Bertz CT molecular complexity index is 295. The van der Waals surface area contributed by atoms with Crippen LogP contribution in [0, 0.1) is 5.41 Å². The first-order valence-corrected chi connectivity index (χ1v) is 7.12. The minimum Gasteiger partial charge on any atom is -0.465 e. The molecule has 15 heavy (non-hydrogen) atoms. The Hall–Kier alpha value is -0.393. The van der Waals surface area contributed by atoms with Gasteiger partial charge in [0.2, 0.25) is 0 Å². The van der Waals surface area contributed by atoms with Gasteiger partial charge in [-0.05, 0) is 6.42 Å². The summed E-state index contributed by atoms with van der Waals surface area (Å²) in [5.41, 5.74) is -0.357. The van der Waals surface area contributed by atoms with Crippen LogP contribution in [-0.2, 0) is 19.0 Å². The standard InChI is InChI=1S/C10H16O4Si/c11-9-10(1-2-12-9)4-6-3-7(13-5-15)8(10)14-6/h6-8H,1-5H2,15H3. The average Bonchev–Trinajstić information content (AvgIpc) is 2.84. The molecule has 0 radical (unpaired) electrons. The maximum atomic E-state index is 11.8. The fourth-order valence-electron chi connectivity index (χ4n) is 3.26. The molecule has 3 aliphatic heterocycles. The molecule has 4 unspecified atom stereocenters. The molecule has 4 nitrogen and oxygen atoms in total. The SMILES string of the molecule is O=C1OCCC12CC1CC(OC[SiH3])C2O1. The van der Waals surface area contributed by atoms with Crippen LogP contribution in [-0.4, -0.2) is 47.4 Å². The fraction of sp³-hybridized carbons (Fsp3) is 0.900. The van der Waals surface area contributed by atoms with E-state index in [0.717, 1.165) is 35.7 Å². The van der Waals surface area contributed by atoms with Gasteiger partial charge < -0.3 is 14.2 Å². The van der Waals surface area contributed by atoms with Crippen LogP contribution in [0.3, 0.4) is 0 Å². The number of hydrogen-bond donors (Lipinski definition) is 0. The average molecular weight is 228 g/mol. The molecule has 4 atom stereocenters. The zero-order chi connectivity index (χ0) is 10.5. The van der Waals surface area contributed by atoms with Gasteiger partial charge in [0.15, 0.2) is 0 Å². The highest BCUT2D eigenvalue weighted by atomic mass is 28.1. The third-order valence-electron chi connectivity index (χ3n) is 3.88. The molecule has 0 amide bonds. The van der Waals surface area contributed by atoms with Gasteiger partial charge in [-0.15, -0.1) is 0 Å². The number of cyclic esters (lactones) is 1. The van der Waals surface area contributed by atoms with Crippen molar-refractivity contribution in [3.63, 3.8) is 0 Å². The second-order valence-electron chi connectivity index (χ2n) is 4.65. The first-order chi connectivity index (χ1) is 7.26. The van der Waals surface area contributed by atoms with E-state index in [4.69, 9.17) is 14.2 Å². The van der Waals surface area contributed by atoms with Crippen molar-refractivity contribution in [2.75, 3.05) is 12.8 Å². The van der Waals surface area contributed by atoms with E-state index in [1.54, 1.807) is 0 Å². The van der Waals surface area contributed by atoms with Crippen LogP contribution in [0.5, 0.6) is 0 Å². The summed E-state index contributed by atoms with van der Waals surface area (Å²) in [6, 6.07) is 0. The van der Waals surface area contributed by atoms with Gasteiger partial charge >= 0.3 is 5.97 Å². The predicted molar refractivity (Wildman–Crippen MR) is 55.6 cm³/mol. The zero-order valence-corrected chi connectivity index (χ0v) is 10.9. The van der Waals surface area contributed by atoms with Gasteiger partial charge in [-0.1, -0.05) is 0 Å². The van der Waals surface area contributed by atoms with Gasteiger partial charge in [0, 0.05) is 29.3 Å². The van der Waals surface area contributed by atoms with Crippen molar-refractivity contribution in [3.05, 3.63) is 0 Å². The van der Waals surface area contributed by atoms with Gasteiger partial charge in [-0.25, -0.2) is 0 Å². The molecule has 0 aromatic carbocycles. The number of rotatable bonds is 2. The van der Waals surface area contributed by atoms with Gasteiger partial charge in [0.25, 0.3) is 0 Å². The van der Waals surface area contributed by atoms with E-state index in [1.165, 1.54) is 0 Å². The Balaban J connectivity index is 1.85. The second-order valence-corrected chi connectivity index (χ2v) is 5.23. The van der Waals surface area contributed by atoms with Gasteiger partial charge in [-0.3, -0.25) is 4.79 Å². The van der Waals surface area contributed by atoms with Crippen LogP contribution >= 0.6 is 0 Å².